The summed E-state index contributed by atoms with van der Waals surface area (Å²) in [6, 6.07) is 15.8. The number of aryl methyl sites for hydroxylation is 1. The first kappa shape index (κ1) is 18.6. The van der Waals surface area contributed by atoms with Gasteiger partial charge in [-0.25, -0.2) is 0 Å². The summed E-state index contributed by atoms with van der Waals surface area (Å²) in [6.07, 6.45) is 3.21. The molecule has 1 aliphatic rings. The highest BCUT2D eigenvalue weighted by Gasteiger charge is 2.26. The normalized spacial score (nSPS) is 15.8. The molecule has 0 heterocycles. The number of carbonyl (C=O) groups is 2. The molecule has 136 valence electrons. The minimum Gasteiger partial charge on any atom is -0.455 e. The average Bonchev–Trinajstić information content (AvgIpc) is 2.67. The van der Waals surface area contributed by atoms with Gasteiger partial charge in [0.05, 0.1) is 12.5 Å². The standard InChI is InChI=1S/C21H22BrNO3/c1-23(19-8-4-6-16-5-2-3-7-18(16)19)20(24)14-26-21(25)13-15-9-11-17(22)12-10-15/h2-3,5,7,9-12,19H,4,6,8,13-14H2,1H3. The van der Waals surface area contributed by atoms with Crippen molar-refractivity contribution in [2.24, 2.45) is 0 Å². The van der Waals surface area contributed by atoms with E-state index in [9.17, 15) is 9.59 Å². The number of rotatable bonds is 5. The Kier molecular flexibility index (Phi) is 6.09. The monoisotopic (exact) mass is 415 g/mol. The molecule has 26 heavy (non-hydrogen) atoms. The Labute approximate surface area is 162 Å². The molecule has 1 amide bonds. The molecule has 5 heteroatoms. The highest BCUT2D eigenvalue weighted by atomic mass is 79.9. The molecule has 0 fully saturated rings. The molecule has 2 aromatic rings. The van der Waals surface area contributed by atoms with E-state index in [-0.39, 0.29) is 25.0 Å². The molecule has 2 aromatic carbocycles. The van der Waals surface area contributed by atoms with Gasteiger partial charge in [0, 0.05) is 11.5 Å². The fourth-order valence-electron chi connectivity index (χ4n) is 3.37. The van der Waals surface area contributed by atoms with Crippen molar-refractivity contribution in [3.8, 4) is 0 Å². The second-order valence-corrected chi connectivity index (χ2v) is 7.49. The van der Waals surface area contributed by atoms with Crippen LogP contribution in [0.15, 0.2) is 53.0 Å². The van der Waals surface area contributed by atoms with Crippen LogP contribution in [0.3, 0.4) is 0 Å². The van der Waals surface area contributed by atoms with Gasteiger partial charge in [0.15, 0.2) is 6.61 Å². The van der Waals surface area contributed by atoms with Gasteiger partial charge in [-0.15, -0.1) is 0 Å². The van der Waals surface area contributed by atoms with E-state index in [1.54, 1.807) is 11.9 Å². The third-order valence-electron chi connectivity index (χ3n) is 4.82. The molecular formula is C21H22BrNO3. The van der Waals surface area contributed by atoms with E-state index < -0.39 is 5.97 Å². The van der Waals surface area contributed by atoms with Crippen molar-refractivity contribution in [3.63, 3.8) is 0 Å². The Balaban J connectivity index is 1.55. The lowest BCUT2D eigenvalue weighted by Crippen LogP contribution is -2.36. The van der Waals surface area contributed by atoms with E-state index in [0.717, 1.165) is 29.3 Å². The Morgan fingerprint density at radius 2 is 1.88 bits per heavy atom. The van der Waals surface area contributed by atoms with Crippen molar-refractivity contribution < 1.29 is 14.3 Å². The summed E-state index contributed by atoms with van der Waals surface area (Å²) in [5.74, 6) is -0.561. The van der Waals surface area contributed by atoms with Crippen molar-refractivity contribution in [3.05, 3.63) is 69.7 Å². The van der Waals surface area contributed by atoms with Crippen molar-refractivity contribution >= 4 is 27.8 Å². The fraction of sp³-hybridized carbons (Fsp3) is 0.333. The summed E-state index contributed by atoms with van der Waals surface area (Å²) < 4.78 is 6.15. The minimum absolute atomic E-state index is 0.0534. The van der Waals surface area contributed by atoms with Gasteiger partial charge in [0.25, 0.3) is 5.91 Å². The molecule has 1 atom stereocenters. The van der Waals surface area contributed by atoms with E-state index in [4.69, 9.17) is 4.74 Å². The van der Waals surface area contributed by atoms with Crippen molar-refractivity contribution in [1.29, 1.82) is 0 Å². The van der Waals surface area contributed by atoms with E-state index in [1.807, 2.05) is 36.4 Å². The summed E-state index contributed by atoms with van der Waals surface area (Å²) >= 11 is 3.36. The van der Waals surface area contributed by atoms with E-state index >= 15 is 0 Å². The van der Waals surface area contributed by atoms with Gasteiger partial charge >= 0.3 is 5.97 Å². The second kappa shape index (κ2) is 8.49. The second-order valence-electron chi connectivity index (χ2n) is 6.58. The third-order valence-corrected chi connectivity index (χ3v) is 5.35. The van der Waals surface area contributed by atoms with Crippen LogP contribution >= 0.6 is 15.9 Å². The number of likely N-dealkylation sites (N-methyl/N-ethyl adjacent to an activating group) is 1. The summed E-state index contributed by atoms with van der Waals surface area (Å²) in [5.41, 5.74) is 3.37. The van der Waals surface area contributed by atoms with Crippen LogP contribution in [0.5, 0.6) is 0 Å². The average molecular weight is 416 g/mol. The number of amides is 1. The van der Waals surface area contributed by atoms with Crippen molar-refractivity contribution in [2.75, 3.05) is 13.7 Å². The maximum Gasteiger partial charge on any atom is 0.310 e. The lowest BCUT2D eigenvalue weighted by atomic mass is 9.87. The molecule has 0 bridgehead atoms. The summed E-state index contributed by atoms with van der Waals surface area (Å²) in [4.78, 5) is 26.2. The van der Waals surface area contributed by atoms with Gasteiger partial charge in [-0.05, 0) is 48.1 Å². The van der Waals surface area contributed by atoms with Gasteiger partial charge in [0.2, 0.25) is 0 Å². The lowest BCUT2D eigenvalue weighted by molar-refractivity contribution is -0.152. The molecule has 3 rings (SSSR count). The zero-order chi connectivity index (χ0) is 18.5. The maximum atomic E-state index is 12.5. The largest absolute Gasteiger partial charge is 0.455 e. The summed E-state index contributed by atoms with van der Waals surface area (Å²) in [6.45, 7) is -0.218. The highest BCUT2D eigenvalue weighted by molar-refractivity contribution is 9.10. The number of halogens is 1. The molecule has 4 nitrogen and oxygen atoms in total. The van der Waals surface area contributed by atoms with Crippen LogP contribution in [0.25, 0.3) is 0 Å². The van der Waals surface area contributed by atoms with Crippen LogP contribution in [0.1, 0.15) is 35.6 Å². The van der Waals surface area contributed by atoms with Crippen LogP contribution in [-0.2, 0) is 27.2 Å². The topological polar surface area (TPSA) is 46.6 Å². The highest BCUT2D eigenvalue weighted by Crippen LogP contribution is 2.33. The van der Waals surface area contributed by atoms with E-state index in [0.29, 0.717) is 0 Å². The Morgan fingerprint density at radius 1 is 1.15 bits per heavy atom. The molecule has 0 aromatic heterocycles. The molecule has 1 aliphatic carbocycles. The molecular weight excluding hydrogens is 394 g/mol. The predicted octanol–water partition coefficient (Wildman–Crippen LogP) is 4.07. The van der Waals surface area contributed by atoms with Crippen LogP contribution in [0.2, 0.25) is 0 Å². The molecule has 0 saturated carbocycles. The smallest absolute Gasteiger partial charge is 0.310 e. The van der Waals surface area contributed by atoms with Crippen LogP contribution < -0.4 is 0 Å². The molecule has 0 radical (unpaired) electrons. The Morgan fingerprint density at radius 3 is 2.65 bits per heavy atom. The number of benzene rings is 2. The van der Waals surface area contributed by atoms with E-state index in [1.165, 1.54) is 11.1 Å². The van der Waals surface area contributed by atoms with Crippen LogP contribution in [0, 0.1) is 0 Å². The number of hydrogen-bond acceptors (Lipinski definition) is 3. The van der Waals surface area contributed by atoms with Crippen molar-refractivity contribution in [1.82, 2.24) is 4.90 Å². The number of hydrogen-bond donors (Lipinski definition) is 0. The van der Waals surface area contributed by atoms with Crippen LogP contribution in [-0.4, -0.2) is 30.4 Å². The first-order chi connectivity index (χ1) is 12.5. The SMILES string of the molecule is CN(C(=O)COC(=O)Cc1ccc(Br)cc1)C1CCCc2ccccc21. The molecule has 0 N–H and O–H groups in total. The minimum atomic E-state index is -0.391. The summed E-state index contributed by atoms with van der Waals surface area (Å²) in [7, 11) is 1.79. The first-order valence-electron chi connectivity index (χ1n) is 8.78. The molecule has 1 unspecified atom stereocenters. The van der Waals surface area contributed by atoms with E-state index in [2.05, 4.69) is 28.1 Å². The Bertz CT molecular complexity index is 788. The Hall–Kier alpha value is -2.14. The number of ether oxygens (including phenoxy) is 1. The zero-order valence-electron chi connectivity index (χ0n) is 14.8. The van der Waals surface area contributed by atoms with Gasteiger partial charge in [-0.1, -0.05) is 52.3 Å². The van der Waals surface area contributed by atoms with Gasteiger partial charge in [-0.2, -0.15) is 0 Å². The molecule has 0 spiro atoms. The first-order valence-corrected chi connectivity index (χ1v) is 9.57. The number of carbonyl (C=O) groups excluding carboxylic acids is 2. The third kappa shape index (κ3) is 4.52. The van der Waals surface area contributed by atoms with Gasteiger partial charge in [0.1, 0.15) is 0 Å². The number of nitrogens with zero attached hydrogens (tertiary/aromatic N) is 1. The number of esters is 1. The predicted molar refractivity (Wildman–Crippen MR) is 104 cm³/mol. The quantitative estimate of drug-likeness (QED) is 0.691. The molecule has 0 aliphatic heterocycles. The summed E-state index contributed by atoms with van der Waals surface area (Å²) in [5, 5.41) is 0. The van der Waals surface area contributed by atoms with Crippen molar-refractivity contribution in [2.45, 2.75) is 31.7 Å². The van der Waals surface area contributed by atoms with Gasteiger partial charge < -0.3 is 9.64 Å². The van der Waals surface area contributed by atoms with Crippen LogP contribution in [0.4, 0.5) is 0 Å². The number of fused-ring (bicyclic) bond motifs is 1. The fourth-order valence-corrected chi connectivity index (χ4v) is 3.63. The van der Waals surface area contributed by atoms with Gasteiger partial charge in [-0.3, -0.25) is 9.59 Å². The molecule has 0 saturated heterocycles. The lowest BCUT2D eigenvalue weighted by Gasteiger charge is -2.33. The maximum absolute atomic E-state index is 12.5. The zero-order valence-corrected chi connectivity index (χ0v) is 16.4.